The Kier molecular flexibility index (Phi) is 5.20. The summed E-state index contributed by atoms with van der Waals surface area (Å²) >= 11 is 0. The highest BCUT2D eigenvalue weighted by Gasteiger charge is 2.18. The second-order valence-electron chi connectivity index (χ2n) is 6.92. The molecule has 0 atom stereocenters. The van der Waals surface area contributed by atoms with Crippen LogP contribution >= 0.6 is 0 Å². The van der Waals surface area contributed by atoms with Gasteiger partial charge in [-0.1, -0.05) is 0 Å². The number of ether oxygens (including phenoxy) is 1. The molecule has 1 saturated heterocycles. The molecule has 0 aliphatic carbocycles. The monoisotopic (exact) mass is 392 g/mol. The fourth-order valence-corrected chi connectivity index (χ4v) is 3.69. The zero-order valence-corrected chi connectivity index (χ0v) is 16.6. The topological polar surface area (TPSA) is 76.5 Å². The molecule has 7 nitrogen and oxygen atoms in total. The highest BCUT2D eigenvalue weighted by atomic mass is 16.5. The molecule has 7 heteroatoms. The van der Waals surface area contributed by atoms with Gasteiger partial charge in [0.25, 0.3) is 0 Å². The number of imidazole rings is 1. The Morgan fingerprint density at radius 2 is 1.97 bits per heavy atom. The van der Waals surface area contributed by atoms with Gasteiger partial charge in [-0.3, -0.25) is 4.79 Å². The maximum absolute atomic E-state index is 12.0. The predicted molar refractivity (Wildman–Crippen MR) is 112 cm³/mol. The van der Waals surface area contributed by atoms with Crippen LogP contribution in [0.4, 0.5) is 5.69 Å². The van der Waals surface area contributed by atoms with E-state index in [9.17, 15) is 9.59 Å². The first-order chi connectivity index (χ1) is 14.1. The number of rotatable bonds is 5. The Morgan fingerprint density at radius 3 is 2.66 bits per heavy atom. The van der Waals surface area contributed by atoms with Crippen molar-refractivity contribution in [2.75, 3.05) is 31.1 Å². The van der Waals surface area contributed by atoms with Crippen LogP contribution in [-0.2, 0) is 16.1 Å². The Labute approximate surface area is 169 Å². The van der Waals surface area contributed by atoms with Gasteiger partial charge in [0.05, 0.1) is 29.7 Å². The van der Waals surface area contributed by atoms with Gasteiger partial charge >= 0.3 is 5.97 Å². The lowest BCUT2D eigenvalue weighted by atomic mass is 10.1. The average Bonchev–Trinajstić information content (AvgIpc) is 3.12. The van der Waals surface area contributed by atoms with E-state index in [0.29, 0.717) is 25.3 Å². The molecule has 1 aromatic heterocycles. The zero-order chi connectivity index (χ0) is 20.4. The van der Waals surface area contributed by atoms with Crippen LogP contribution in [0.1, 0.15) is 24.2 Å². The number of nitrogens with one attached hydrogen (secondary N) is 1. The number of hydrogen-bond donors (Lipinski definition) is 1. The summed E-state index contributed by atoms with van der Waals surface area (Å²) in [5.74, 6) is 0.564. The van der Waals surface area contributed by atoms with Crippen molar-refractivity contribution < 1.29 is 14.3 Å². The fourth-order valence-electron chi connectivity index (χ4n) is 3.69. The SMILES string of the molecule is CCOC(=O)c1ccc2c(c1)nc(-c1ccc(N3CCNC(=O)C3)cc1)n2CC. The fraction of sp³-hybridized carbons (Fsp3) is 0.318. The molecule has 2 aromatic carbocycles. The van der Waals surface area contributed by atoms with Crippen molar-refractivity contribution in [1.29, 1.82) is 0 Å². The number of fused-ring (bicyclic) bond motifs is 1. The van der Waals surface area contributed by atoms with Gasteiger partial charge in [-0.25, -0.2) is 9.78 Å². The van der Waals surface area contributed by atoms with Crippen LogP contribution in [-0.4, -0.2) is 47.7 Å². The van der Waals surface area contributed by atoms with E-state index >= 15 is 0 Å². The molecular formula is C22H24N4O3. The molecule has 29 heavy (non-hydrogen) atoms. The molecule has 2 heterocycles. The Hall–Kier alpha value is -3.35. The minimum absolute atomic E-state index is 0.0468. The predicted octanol–water partition coefficient (Wildman–Crippen LogP) is 2.84. The standard InChI is InChI=1S/C22H24N4O3/c1-3-26-19-10-7-16(22(28)29-4-2)13-18(19)24-21(26)15-5-8-17(9-6-15)25-12-11-23-20(27)14-25/h5-10,13H,3-4,11-12,14H2,1-2H3,(H,23,27). The first kappa shape index (κ1) is 19.0. The van der Waals surface area contributed by atoms with Crippen LogP contribution in [0.25, 0.3) is 22.4 Å². The number of carbonyl (C=O) groups is 2. The van der Waals surface area contributed by atoms with E-state index in [1.54, 1.807) is 19.1 Å². The van der Waals surface area contributed by atoms with Gasteiger partial charge in [-0.15, -0.1) is 0 Å². The summed E-state index contributed by atoms with van der Waals surface area (Å²) in [6.45, 7) is 6.81. The Balaban J connectivity index is 1.67. The van der Waals surface area contributed by atoms with Gasteiger partial charge in [0.1, 0.15) is 5.82 Å². The van der Waals surface area contributed by atoms with Crippen molar-refractivity contribution in [3.8, 4) is 11.4 Å². The van der Waals surface area contributed by atoms with Crippen molar-refractivity contribution in [2.24, 2.45) is 0 Å². The number of anilines is 1. The van der Waals surface area contributed by atoms with Gasteiger partial charge in [0.2, 0.25) is 5.91 Å². The van der Waals surface area contributed by atoms with E-state index in [0.717, 1.165) is 41.2 Å². The number of aromatic nitrogens is 2. The van der Waals surface area contributed by atoms with Crippen LogP contribution in [0.2, 0.25) is 0 Å². The van der Waals surface area contributed by atoms with Gasteiger partial charge in [0, 0.05) is 30.9 Å². The van der Waals surface area contributed by atoms with E-state index in [4.69, 9.17) is 9.72 Å². The third kappa shape index (κ3) is 3.68. The van der Waals surface area contributed by atoms with Crippen LogP contribution in [0.3, 0.4) is 0 Å². The molecule has 0 spiro atoms. The van der Waals surface area contributed by atoms with E-state index in [1.165, 1.54) is 0 Å². The normalized spacial score (nSPS) is 14.1. The van der Waals surface area contributed by atoms with Crippen LogP contribution in [0.15, 0.2) is 42.5 Å². The molecule has 0 radical (unpaired) electrons. The molecule has 0 unspecified atom stereocenters. The van der Waals surface area contributed by atoms with Crippen molar-refractivity contribution in [3.63, 3.8) is 0 Å². The van der Waals surface area contributed by atoms with E-state index in [-0.39, 0.29) is 11.9 Å². The van der Waals surface area contributed by atoms with Crippen molar-refractivity contribution in [1.82, 2.24) is 14.9 Å². The molecule has 1 fully saturated rings. The summed E-state index contributed by atoms with van der Waals surface area (Å²) < 4.78 is 7.23. The second kappa shape index (κ2) is 7.95. The molecule has 1 N–H and O–H groups in total. The Bertz CT molecular complexity index is 1060. The number of esters is 1. The number of benzene rings is 2. The third-order valence-corrected chi connectivity index (χ3v) is 5.10. The summed E-state index contributed by atoms with van der Waals surface area (Å²) in [7, 11) is 0. The third-order valence-electron chi connectivity index (χ3n) is 5.10. The smallest absolute Gasteiger partial charge is 0.338 e. The number of hydrogen-bond acceptors (Lipinski definition) is 5. The lowest BCUT2D eigenvalue weighted by molar-refractivity contribution is -0.120. The quantitative estimate of drug-likeness (QED) is 0.676. The highest BCUT2D eigenvalue weighted by molar-refractivity contribution is 5.94. The number of amides is 1. The van der Waals surface area contributed by atoms with Gasteiger partial charge in [-0.2, -0.15) is 0 Å². The molecule has 3 aromatic rings. The molecule has 0 bridgehead atoms. The number of carbonyl (C=O) groups excluding carboxylic acids is 2. The first-order valence-electron chi connectivity index (χ1n) is 9.90. The molecule has 4 rings (SSSR count). The van der Waals surface area contributed by atoms with Crippen LogP contribution in [0.5, 0.6) is 0 Å². The van der Waals surface area contributed by atoms with Crippen molar-refractivity contribution in [2.45, 2.75) is 20.4 Å². The van der Waals surface area contributed by atoms with E-state index in [1.807, 2.05) is 30.3 Å². The van der Waals surface area contributed by atoms with Crippen LogP contribution in [0, 0.1) is 0 Å². The second-order valence-corrected chi connectivity index (χ2v) is 6.92. The summed E-state index contributed by atoms with van der Waals surface area (Å²) in [5, 5.41) is 2.84. The number of nitrogens with zero attached hydrogens (tertiary/aromatic N) is 3. The minimum atomic E-state index is -0.336. The van der Waals surface area contributed by atoms with Gasteiger partial charge in [0.15, 0.2) is 0 Å². The zero-order valence-electron chi connectivity index (χ0n) is 16.6. The molecule has 150 valence electrons. The maximum Gasteiger partial charge on any atom is 0.338 e. The summed E-state index contributed by atoms with van der Waals surface area (Å²) in [6, 6.07) is 13.6. The summed E-state index contributed by atoms with van der Waals surface area (Å²) in [6.07, 6.45) is 0. The number of piperazine rings is 1. The Morgan fingerprint density at radius 1 is 1.17 bits per heavy atom. The maximum atomic E-state index is 12.0. The van der Waals surface area contributed by atoms with E-state index < -0.39 is 0 Å². The van der Waals surface area contributed by atoms with Crippen molar-refractivity contribution >= 4 is 28.6 Å². The lowest BCUT2D eigenvalue weighted by Crippen LogP contribution is -2.47. The molecule has 1 aliphatic rings. The highest BCUT2D eigenvalue weighted by Crippen LogP contribution is 2.28. The van der Waals surface area contributed by atoms with E-state index in [2.05, 4.69) is 21.7 Å². The first-order valence-corrected chi connectivity index (χ1v) is 9.90. The molecular weight excluding hydrogens is 368 g/mol. The van der Waals surface area contributed by atoms with Gasteiger partial charge in [-0.05, 0) is 56.3 Å². The molecule has 1 amide bonds. The molecule has 1 aliphatic heterocycles. The minimum Gasteiger partial charge on any atom is -0.462 e. The lowest BCUT2D eigenvalue weighted by Gasteiger charge is -2.28. The summed E-state index contributed by atoms with van der Waals surface area (Å²) in [5.41, 5.74) is 4.26. The largest absolute Gasteiger partial charge is 0.462 e. The summed E-state index contributed by atoms with van der Waals surface area (Å²) in [4.78, 5) is 30.5. The molecule has 0 saturated carbocycles. The van der Waals surface area contributed by atoms with Gasteiger partial charge < -0.3 is 19.5 Å². The van der Waals surface area contributed by atoms with Crippen LogP contribution < -0.4 is 10.2 Å². The van der Waals surface area contributed by atoms with Crippen molar-refractivity contribution in [3.05, 3.63) is 48.0 Å². The number of aryl methyl sites for hydroxylation is 1. The average molecular weight is 392 g/mol.